The zero-order valence-electron chi connectivity index (χ0n) is 21.7. The topological polar surface area (TPSA) is 116 Å². The van der Waals surface area contributed by atoms with E-state index in [0.717, 1.165) is 6.42 Å². The molecule has 15 heteroatoms. The number of aromatic amines is 1. The number of sulfone groups is 1. The maximum absolute atomic E-state index is 14.2. The summed E-state index contributed by atoms with van der Waals surface area (Å²) in [6.07, 6.45) is -4.10. The number of hydrogen-bond acceptors (Lipinski definition) is 7. The highest BCUT2D eigenvalue weighted by Crippen LogP contribution is 2.39. The largest absolute Gasteiger partial charge is 0.416 e. The lowest BCUT2D eigenvalue weighted by Crippen LogP contribution is -2.37. The fraction of sp³-hybridized carbons (Fsp3) is 0.440. The van der Waals surface area contributed by atoms with Gasteiger partial charge in [0, 0.05) is 37.4 Å². The summed E-state index contributed by atoms with van der Waals surface area (Å²) in [4.78, 5) is 30.6. The summed E-state index contributed by atoms with van der Waals surface area (Å²) in [5, 5.41) is 5.56. The number of H-pyrrole nitrogens is 1. The fourth-order valence-electron chi connectivity index (χ4n) is 4.86. The summed E-state index contributed by atoms with van der Waals surface area (Å²) in [6, 6.07) is 4.70. The van der Waals surface area contributed by atoms with E-state index in [1.807, 2.05) is 4.90 Å². The van der Waals surface area contributed by atoms with Gasteiger partial charge in [-0.25, -0.2) is 13.2 Å². The Labute approximate surface area is 238 Å². The smallest absolute Gasteiger partial charge is 0.308 e. The number of rotatable bonds is 9. The third kappa shape index (κ3) is 6.24. The third-order valence-electron chi connectivity index (χ3n) is 6.91. The number of aromatic nitrogens is 2. The summed E-state index contributed by atoms with van der Waals surface area (Å²) in [5.74, 6) is -0.249. The van der Waals surface area contributed by atoms with Gasteiger partial charge in [0.25, 0.3) is 5.56 Å². The Morgan fingerprint density at radius 2 is 1.88 bits per heavy atom. The van der Waals surface area contributed by atoms with Crippen LogP contribution in [-0.4, -0.2) is 61.5 Å². The van der Waals surface area contributed by atoms with Crippen molar-refractivity contribution in [3.63, 3.8) is 0 Å². The lowest BCUT2D eigenvalue weighted by atomic mass is 10.0. The van der Waals surface area contributed by atoms with Crippen molar-refractivity contribution < 1.29 is 21.6 Å². The molecule has 4 rings (SSSR count). The van der Waals surface area contributed by atoms with Crippen LogP contribution in [0.2, 0.25) is 10.0 Å². The van der Waals surface area contributed by atoms with Crippen molar-refractivity contribution in [3.05, 3.63) is 71.8 Å². The first-order valence-electron chi connectivity index (χ1n) is 12.4. The molecule has 9 nitrogen and oxygen atoms in total. The number of nitrogens with one attached hydrogen (secondary N) is 3. The summed E-state index contributed by atoms with van der Waals surface area (Å²) >= 11 is 12.5. The van der Waals surface area contributed by atoms with Crippen LogP contribution in [0.3, 0.4) is 0 Å². The van der Waals surface area contributed by atoms with Gasteiger partial charge in [0.1, 0.15) is 0 Å². The van der Waals surface area contributed by atoms with Crippen LogP contribution in [0.4, 0.5) is 13.2 Å². The fourth-order valence-corrected chi connectivity index (χ4v) is 6.47. The molecule has 2 aromatic carbocycles. The van der Waals surface area contributed by atoms with E-state index in [2.05, 4.69) is 15.6 Å². The van der Waals surface area contributed by atoms with Crippen LogP contribution < -0.4 is 21.9 Å². The first kappa shape index (κ1) is 30.5. The Kier molecular flexibility index (Phi) is 9.03. The van der Waals surface area contributed by atoms with E-state index < -0.39 is 44.8 Å². The van der Waals surface area contributed by atoms with Gasteiger partial charge in [-0.1, -0.05) is 30.1 Å². The second-order valence-electron chi connectivity index (χ2n) is 9.57. The van der Waals surface area contributed by atoms with E-state index in [4.69, 9.17) is 23.2 Å². The molecule has 3 aromatic rings. The predicted molar refractivity (Wildman–Crippen MR) is 148 cm³/mol. The minimum absolute atomic E-state index is 0.0514. The van der Waals surface area contributed by atoms with Gasteiger partial charge in [-0.2, -0.15) is 13.2 Å². The number of benzene rings is 2. The molecule has 0 radical (unpaired) electrons. The first-order chi connectivity index (χ1) is 18.8. The van der Waals surface area contributed by atoms with Gasteiger partial charge in [0.2, 0.25) is 0 Å². The second-order valence-corrected chi connectivity index (χ2v) is 12.6. The van der Waals surface area contributed by atoms with Crippen molar-refractivity contribution in [2.45, 2.75) is 43.5 Å². The first-order valence-corrected chi connectivity index (χ1v) is 14.8. The standard InChI is InChI=1S/C25H28Cl2F3N5O4S/c1-3-40(38,39)20-5-4-15(26)8-14(20)10-35-23(36)17-9-19(25(28,29)30)18(21(27)22(17)33-24(35)37)12-34-7-6-16(11-34)32-13-31-2/h4-5,8-9,16,31-32H,3,6-7,10-13H2,1-2H3,(H,33,37)/t16-/m1/s1. The lowest BCUT2D eigenvalue weighted by molar-refractivity contribution is -0.138. The van der Waals surface area contributed by atoms with Gasteiger partial charge in [-0.15, -0.1) is 0 Å². The van der Waals surface area contributed by atoms with Crippen LogP contribution in [0.1, 0.15) is 30.0 Å². The van der Waals surface area contributed by atoms with E-state index in [1.54, 1.807) is 7.05 Å². The van der Waals surface area contributed by atoms with Crippen LogP contribution >= 0.6 is 23.2 Å². The van der Waals surface area contributed by atoms with Crippen molar-refractivity contribution in [2.75, 3.05) is 32.6 Å². The monoisotopic (exact) mass is 621 g/mol. The number of alkyl halides is 3. The minimum Gasteiger partial charge on any atom is -0.308 e. The van der Waals surface area contributed by atoms with Crippen LogP contribution in [0, 0.1) is 0 Å². The molecule has 0 saturated carbocycles. The van der Waals surface area contributed by atoms with Crippen molar-refractivity contribution in [1.82, 2.24) is 25.1 Å². The summed E-state index contributed by atoms with van der Waals surface area (Å²) in [7, 11) is -1.98. The Morgan fingerprint density at radius 1 is 1.15 bits per heavy atom. The molecule has 0 spiro atoms. The second kappa shape index (κ2) is 11.8. The molecule has 1 atom stereocenters. The molecule has 3 N–H and O–H groups in total. The number of fused-ring (bicyclic) bond motifs is 1. The minimum atomic E-state index is -4.83. The van der Waals surface area contributed by atoms with Crippen molar-refractivity contribution in [2.24, 2.45) is 0 Å². The molecule has 218 valence electrons. The molecule has 1 aliphatic heterocycles. The van der Waals surface area contributed by atoms with Gasteiger partial charge in [-0.05, 0) is 48.9 Å². The van der Waals surface area contributed by atoms with E-state index in [9.17, 15) is 31.2 Å². The molecule has 0 aliphatic carbocycles. The molecule has 40 heavy (non-hydrogen) atoms. The Morgan fingerprint density at radius 3 is 2.52 bits per heavy atom. The molecule has 2 heterocycles. The van der Waals surface area contributed by atoms with Crippen LogP contribution in [0.5, 0.6) is 0 Å². The maximum atomic E-state index is 14.2. The molecule has 1 aliphatic rings. The average molecular weight is 622 g/mol. The summed E-state index contributed by atoms with van der Waals surface area (Å²) in [6.45, 7) is 2.35. The lowest BCUT2D eigenvalue weighted by Gasteiger charge is -2.22. The molecule has 1 fully saturated rings. The summed E-state index contributed by atoms with van der Waals surface area (Å²) in [5.41, 5.74) is -3.49. The third-order valence-corrected chi connectivity index (χ3v) is 9.39. The van der Waals surface area contributed by atoms with Crippen LogP contribution in [-0.2, 0) is 29.1 Å². The number of hydrogen-bond donors (Lipinski definition) is 3. The van der Waals surface area contributed by atoms with E-state index in [1.165, 1.54) is 25.1 Å². The predicted octanol–water partition coefficient (Wildman–Crippen LogP) is 3.20. The van der Waals surface area contributed by atoms with Crippen molar-refractivity contribution in [1.29, 1.82) is 0 Å². The highest BCUT2D eigenvalue weighted by molar-refractivity contribution is 7.91. The normalized spacial score (nSPS) is 16.7. The van der Waals surface area contributed by atoms with Crippen LogP contribution in [0.15, 0.2) is 38.8 Å². The number of nitrogens with zero attached hydrogens (tertiary/aromatic N) is 2. The molecule has 0 unspecified atom stereocenters. The maximum Gasteiger partial charge on any atom is 0.416 e. The quantitative estimate of drug-likeness (QED) is 0.314. The molecule has 0 amide bonds. The number of halogens is 5. The molecular weight excluding hydrogens is 594 g/mol. The van der Waals surface area contributed by atoms with Crippen molar-refractivity contribution >= 4 is 43.9 Å². The molecule has 1 saturated heterocycles. The van der Waals surface area contributed by atoms with Gasteiger partial charge in [0.05, 0.1) is 38.7 Å². The average Bonchev–Trinajstić information content (AvgIpc) is 3.33. The molecular formula is C25H28Cl2F3N5O4S. The zero-order chi connectivity index (χ0) is 29.4. The van der Waals surface area contributed by atoms with E-state index in [-0.39, 0.29) is 49.9 Å². The Balaban J connectivity index is 1.82. The highest BCUT2D eigenvalue weighted by Gasteiger charge is 2.37. The number of likely N-dealkylation sites (tertiary alicyclic amines) is 1. The highest BCUT2D eigenvalue weighted by atomic mass is 35.5. The SMILES string of the molecule is CCS(=O)(=O)c1ccc(Cl)cc1Cn1c(=O)[nH]c2c(Cl)c(CN3CC[C@@H](NCNC)C3)c(C(F)(F)F)cc2c1=O. The Bertz CT molecular complexity index is 1660. The van der Waals surface area contributed by atoms with Crippen molar-refractivity contribution in [3.8, 4) is 0 Å². The van der Waals surface area contributed by atoms with Gasteiger partial charge in [-0.3, -0.25) is 14.3 Å². The van der Waals surface area contributed by atoms with Gasteiger partial charge >= 0.3 is 11.9 Å². The Hall–Kier alpha value is -2.42. The molecule has 0 bridgehead atoms. The summed E-state index contributed by atoms with van der Waals surface area (Å²) < 4.78 is 68.5. The van der Waals surface area contributed by atoms with Crippen LogP contribution in [0.25, 0.3) is 10.9 Å². The van der Waals surface area contributed by atoms with E-state index >= 15 is 0 Å². The van der Waals surface area contributed by atoms with Gasteiger partial charge in [0.15, 0.2) is 9.84 Å². The van der Waals surface area contributed by atoms with E-state index in [0.29, 0.717) is 30.4 Å². The zero-order valence-corrected chi connectivity index (χ0v) is 24.0. The van der Waals surface area contributed by atoms with Gasteiger partial charge < -0.3 is 15.6 Å². The molecule has 1 aromatic heterocycles.